The molecule has 3 rings (SSSR count). The Hall–Kier alpha value is -2.82. The van der Waals surface area contributed by atoms with Crippen LogP contribution in [0.25, 0.3) is 0 Å². The van der Waals surface area contributed by atoms with Gasteiger partial charge in [0.1, 0.15) is 6.61 Å². The minimum atomic E-state index is -1.12. The average molecular weight is 368 g/mol. The zero-order valence-electron chi connectivity index (χ0n) is 15.7. The predicted molar refractivity (Wildman–Crippen MR) is 102 cm³/mol. The van der Waals surface area contributed by atoms with Gasteiger partial charge in [0.2, 0.25) is 6.10 Å². The SMILES string of the molecule is CCCCCc1ccc(C(=O)c2cc(C)cc3c2OC(C(=O)O)CO3)cc1. The van der Waals surface area contributed by atoms with Gasteiger partial charge in [0, 0.05) is 5.56 Å². The molecule has 0 spiro atoms. The first-order chi connectivity index (χ1) is 13.0. The number of carbonyl (C=O) groups excluding carboxylic acids is 1. The van der Waals surface area contributed by atoms with Crippen molar-refractivity contribution in [3.05, 3.63) is 58.7 Å². The lowest BCUT2D eigenvalue weighted by atomic mass is 9.97. The van der Waals surface area contributed by atoms with Crippen LogP contribution in [0, 0.1) is 6.92 Å². The standard InChI is InChI=1S/C22H24O5/c1-3-4-5-6-15-7-9-16(10-8-15)20(23)17-11-14(2)12-18-21(17)27-19(13-26-18)22(24)25/h7-12,19H,3-6,13H2,1-2H3,(H,24,25). The number of hydrogen-bond acceptors (Lipinski definition) is 4. The molecule has 0 saturated carbocycles. The van der Waals surface area contributed by atoms with Crippen LogP contribution in [0.3, 0.4) is 0 Å². The minimum Gasteiger partial charge on any atom is -0.485 e. The van der Waals surface area contributed by atoms with Crippen molar-refractivity contribution in [3.8, 4) is 11.5 Å². The Balaban J connectivity index is 1.86. The maximum Gasteiger partial charge on any atom is 0.348 e. The van der Waals surface area contributed by atoms with Gasteiger partial charge in [0.25, 0.3) is 0 Å². The molecular formula is C22H24O5. The maximum atomic E-state index is 13.0. The number of unbranched alkanes of at least 4 members (excludes halogenated alkanes) is 2. The van der Waals surface area contributed by atoms with Gasteiger partial charge in [0.15, 0.2) is 17.3 Å². The van der Waals surface area contributed by atoms with Crippen molar-refractivity contribution in [1.82, 2.24) is 0 Å². The van der Waals surface area contributed by atoms with Crippen molar-refractivity contribution in [2.45, 2.75) is 45.6 Å². The van der Waals surface area contributed by atoms with E-state index in [0.29, 0.717) is 16.9 Å². The second kappa shape index (κ2) is 8.25. The van der Waals surface area contributed by atoms with E-state index in [1.807, 2.05) is 31.2 Å². The fraction of sp³-hybridized carbons (Fsp3) is 0.364. The number of ketones is 1. The van der Waals surface area contributed by atoms with E-state index in [-0.39, 0.29) is 18.1 Å². The zero-order chi connectivity index (χ0) is 19.4. The Morgan fingerprint density at radius 2 is 1.89 bits per heavy atom. The lowest BCUT2D eigenvalue weighted by molar-refractivity contribution is -0.147. The first-order valence-electron chi connectivity index (χ1n) is 9.30. The molecule has 1 aliphatic heterocycles. The van der Waals surface area contributed by atoms with Crippen LogP contribution in [0.4, 0.5) is 0 Å². The summed E-state index contributed by atoms with van der Waals surface area (Å²) in [5.74, 6) is -0.705. The molecule has 1 atom stereocenters. The van der Waals surface area contributed by atoms with E-state index in [4.69, 9.17) is 9.47 Å². The molecule has 0 fully saturated rings. The molecule has 1 heterocycles. The lowest BCUT2D eigenvalue weighted by Gasteiger charge is -2.26. The summed E-state index contributed by atoms with van der Waals surface area (Å²) in [7, 11) is 0. The van der Waals surface area contributed by atoms with Crippen molar-refractivity contribution in [2.24, 2.45) is 0 Å². The Kier molecular flexibility index (Phi) is 5.79. The van der Waals surface area contributed by atoms with Gasteiger partial charge in [-0.1, -0.05) is 44.0 Å². The van der Waals surface area contributed by atoms with Crippen LogP contribution in [-0.2, 0) is 11.2 Å². The Bertz CT molecular complexity index is 839. The number of carboxylic acid groups (broad SMARTS) is 1. The monoisotopic (exact) mass is 368 g/mol. The van der Waals surface area contributed by atoms with Gasteiger partial charge in [-0.15, -0.1) is 0 Å². The maximum absolute atomic E-state index is 13.0. The van der Waals surface area contributed by atoms with Gasteiger partial charge >= 0.3 is 5.97 Å². The summed E-state index contributed by atoms with van der Waals surface area (Å²) >= 11 is 0. The molecule has 5 nitrogen and oxygen atoms in total. The quantitative estimate of drug-likeness (QED) is 0.586. The topological polar surface area (TPSA) is 72.8 Å². The molecule has 0 saturated heterocycles. The molecule has 1 N–H and O–H groups in total. The van der Waals surface area contributed by atoms with E-state index >= 15 is 0 Å². The largest absolute Gasteiger partial charge is 0.485 e. The van der Waals surface area contributed by atoms with E-state index in [9.17, 15) is 14.7 Å². The van der Waals surface area contributed by atoms with Gasteiger partial charge < -0.3 is 14.6 Å². The van der Waals surface area contributed by atoms with Gasteiger partial charge in [0.05, 0.1) is 5.56 Å². The summed E-state index contributed by atoms with van der Waals surface area (Å²) in [4.78, 5) is 24.3. The van der Waals surface area contributed by atoms with Crippen LogP contribution in [0.2, 0.25) is 0 Å². The number of benzene rings is 2. The number of ether oxygens (including phenoxy) is 2. The van der Waals surface area contributed by atoms with Crippen LogP contribution >= 0.6 is 0 Å². The van der Waals surface area contributed by atoms with Gasteiger partial charge in [-0.2, -0.15) is 0 Å². The number of fused-ring (bicyclic) bond motifs is 1. The number of aryl methyl sites for hydroxylation is 2. The highest BCUT2D eigenvalue weighted by Gasteiger charge is 2.31. The van der Waals surface area contributed by atoms with Crippen LogP contribution < -0.4 is 9.47 Å². The first-order valence-corrected chi connectivity index (χ1v) is 9.30. The van der Waals surface area contributed by atoms with E-state index in [2.05, 4.69) is 6.92 Å². The van der Waals surface area contributed by atoms with Crippen LogP contribution in [-0.4, -0.2) is 29.6 Å². The third kappa shape index (κ3) is 4.30. The molecule has 2 aromatic carbocycles. The molecule has 0 aromatic heterocycles. The highest BCUT2D eigenvalue weighted by molar-refractivity contribution is 6.11. The predicted octanol–water partition coefficient (Wildman–Crippen LogP) is 4.18. The van der Waals surface area contributed by atoms with Crippen LogP contribution in [0.15, 0.2) is 36.4 Å². The molecule has 0 radical (unpaired) electrons. The van der Waals surface area contributed by atoms with Crippen molar-refractivity contribution >= 4 is 11.8 Å². The van der Waals surface area contributed by atoms with Gasteiger partial charge in [-0.05, 0) is 43.0 Å². The molecule has 0 bridgehead atoms. The fourth-order valence-corrected chi connectivity index (χ4v) is 3.16. The van der Waals surface area contributed by atoms with Gasteiger partial charge in [-0.25, -0.2) is 4.79 Å². The zero-order valence-corrected chi connectivity index (χ0v) is 15.7. The average Bonchev–Trinajstić information content (AvgIpc) is 2.67. The van der Waals surface area contributed by atoms with Crippen LogP contribution in [0.1, 0.15) is 53.2 Å². The van der Waals surface area contributed by atoms with E-state index in [0.717, 1.165) is 18.4 Å². The van der Waals surface area contributed by atoms with Crippen molar-refractivity contribution in [3.63, 3.8) is 0 Å². The lowest BCUT2D eigenvalue weighted by Crippen LogP contribution is -2.37. The number of carbonyl (C=O) groups is 2. The molecule has 1 unspecified atom stereocenters. The Morgan fingerprint density at radius 3 is 2.56 bits per heavy atom. The number of rotatable bonds is 7. The molecule has 0 amide bonds. The van der Waals surface area contributed by atoms with Crippen molar-refractivity contribution < 1.29 is 24.2 Å². The summed E-state index contributed by atoms with van der Waals surface area (Å²) in [6, 6.07) is 11.0. The minimum absolute atomic E-state index is 0.0775. The molecule has 5 heteroatoms. The summed E-state index contributed by atoms with van der Waals surface area (Å²) in [5.41, 5.74) is 2.93. The third-order valence-corrected chi connectivity index (χ3v) is 4.65. The molecule has 2 aromatic rings. The fourth-order valence-electron chi connectivity index (χ4n) is 3.16. The molecular weight excluding hydrogens is 344 g/mol. The second-order valence-electron chi connectivity index (χ2n) is 6.88. The normalized spacial score (nSPS) is 15.4. The third-order valence-electron chi connectivity index (χ3n) is 4.65. The second-order valence-corrected chi connectivity index (χ2v) is 6.88. The molecule has 142 valence electrons. The molecule has 1 aliphatic rings. The Morgan fingerprint density at radius 1 is 1.15 bits per heavy atom. The van der Waals surface area contributed by atoms with E-state index in [1.54, 1.807) is 12.1 Å². The number of hydrogen-bond donors (Lipinski definition) is 1. The highest BCUT2D eigenvalue weighted by Crippen LogP contribution is 2.37. The van der Waals surface area contributed by atoms with Crippen molar-refractivity contribution in [1.29, 1.82) is 0 Å². The van der Waals surface area contributed by atoms with Crippen molar-refractivity contribution in [2.75, 3.05) is 6.61 Å². The van der Waals surface area contributed by atoms with E-state index in [1.165, 1.54) is 18.4 Å². The first kappa shape index (κ1) is 19.0. The highest BCUT2D eigenvalue weighted by atomic mass is 16.6. The van der Waals surface area contributed by atoms with Gasteiger partial charge in [-0.3, -0.25) is 4.79 Å². The summed E-state index contributed by atoms with van der Waals surface area (Å²) in [6.45, 7) is 3.96. The summed E-state index contributed by atoms with van der Waals surface area (Å²) in [5, 5.41) is 9.19. The van der Waals surface area contributed by atoms with E-state index < -0.39 is 12.1 Å². The number of carboxylic acids is 1. The summed E-state index contributed by atoms with van der Waals surface area (Å²) < 4.78 is 11.1. The molecule has 0 aliphatic carbocycles. The smallest absolute Gasteiger partial charge is 0.348 e. The van der Waals surface area contributed by atoms with Crippen LogP contribution in [0.5, 0.6) is 11.5 Å². The molecule has 27 heavy (non-hydrogen) atoms. The Labute approximate surface area is 158 Å². The summed E-state index contributed by atoms with van der Waals surface area (Å²) in [6.07, 6.45) is 3.39. The number of aliphatic carboxylic acids is 1.